The summed E-state index contributed by atoms with van der Waals surface area (Å²) < 4.78 is 23.3. The number of methoxy groups -OCH3 is 2. The largest absolute Gasteiger partial charge is 0.493 e. The van der Waals surface area contributed by atoms with E-state index >= 15 is 0 Å². The van der Waals surface area contributed by atoms with Crippen LogP contribution in [0.3, 0.4) is 0 Å². The first kappa shape index (κ1) is 19.7. The van der Waals surface area contributed by atoms with E-state index in [-0.39, 0.29) is 0 Å². The predicted molar refractivity (Wildman–Crippen MR) is 87.3 cm³/mol. The van der Waals surface area contributed by atoms with Gasteiger partial charge in [-0.25, -0.2) is 9.18 Å². The Balaban J connectivity index is 3.29. The van der Waals surface area contributed by atoms with E-state index in [2.05, 4.69) is 5.32 Å². The van der Waals surface area contributed by atoms with Crippen molar-refractivity contribution in [3.63, 3.8) is 0 Å². The van der Waals surface area contributed by atoms with E-state index in [1.165, 1.54) is 14.2 Å². The summed E-state index contributed by atoms with van der Waals surface area (Å²) in [6, 6.07) is 3.55. The highest BCUT2D eigenvalue weighted by Crippen LogP contribution is 2.37. The summed E-state index contributed by atoms with van der Waals surface area (Å²) in [5.41, 5.74) is -0.326. The third kappa shape index (κ3) is 3.77. The molecule has 7 heteroatoms. The van der Waals surface area contributed by atoms with Gasteiger partial charge in [0.25, 0.3) is 0 Å². The molecule has 0 aliphatic rings. The number of hydrogen-bond donors (Lipinski definition) is 2. The summed E-state index contributed by atoms with van der Waals surface area (Å²) in [6.07, 6.45) is 0.840. The van der Waals surface area contributed by atoms with E-state index in [9.17, 15) is 14.0 Å². The van der Waals surface area contributed by atoms with E-state index in [0.717, 1.165) is 0 Å². The van der Waals surface area contributed by atoms with Crippen LogP contribution in [-0.4, -0.2) is 43.9 Å². The normalized spacial score (nSPS) is 12.4. The fraction of sp³-hybridized carbons (Fsp3) is 0.529. The number of rotatable bonds is 9. The van der Waals surface area contributed by atoms with Gasteiger partial charge in [0.2, 0.25) is 5.91 Å². The minimum atomic E-state index is -1.56. The summed E-state index contributed by atoms with van der Waals surface area (Å²) >= 11 is 0. The van der Waals surface area contributed by atoms with Gasteiger partial charge in [0.15, 0.2) is 17.5 Å². The molecule has 24 heavy (non-hydrogen) atoms. The van der Waals surface area contributed by atoms with Crippen LogP contribution in [0.25, 0.3) is 0 Å². The fourth-order valence-electron chi connectivity index (χ4n) is 2.71. The van der Waals surface area contributed by atoms with Crippen LogP contribution in [0.5, 0.6) is 11.5 Å². The van der Waals surface area contributed by atoms with Gasteiger partial charge in [-0.2, -0.15) is 0 Å². The third-order valence-corrected chi connectivity index (χ3v) is 4.34. The molecule has 0 fully saturated rings. The van der Waals surface area contributed by atoms with Crippen molar-refractivity contribution in [2.45, 2.75) is 38.1 Å². The average molecular weight is 341 g/mol. The predicted octanol–water partition coefficient (Wildman–Crippen LogP) is 2.30. The summed E-state index contributed by atoms with van der Waals surface area (Å²) in [4.78, 5) is 23.7. The highest BCUT2D eigenvalue weighted by molar-refractivity contribution is 5.91. The molecule has 0 bridgehead atoms. The van der Waals surface area contributed by atoms with Crippen LogP contribution in [0.4, 0.5) is 4.39 Å². The molecule has 0 radical (unpaired) electrons. The smallest absolute Gasteiger partial charge is 0.328 e. The molecule has 0 saturated heterocycles. The van der Waals surface area contributed by atoms with Crippen molar-refractivity contribution in [3.05, 3.63) is 23.8 Å². The Kier molecular flexibility index (Phi) is 7.00. The quantitative estimate of drug-likeness (QED) is 0.720. The van der Waals surface area contributed by atoms with Gasteiger partial charge in [-0.05, 0) is 30.5 Å². The molecule has 0 heterocycles. The topological polar surface area (TPSA) is 84.9 Å². The van der Waals surface area contributed by atoms with Crippen LogP contribution in [0.15, 0.2) is 18.2 Å². The summed E-state index contributed by atoms with van der Waals surface area (Å²) in [5, 5.41) is 11.3. The first-order valence-electron chi connectivity index (χ1n) is 7.72. The molecular weight excluding hydrogens is 317 g/mol. The van der Waals surface area contributed by atoms with Gasteiger partial charge < -0.3 is 19.9 Å². The molecular formula is C17H24FNO5. The highest BCUT2D eigenvalue weighted by Gasteiger charge is 2.39. The molecule has 1 rings (SSSR count). The maximum atomic E-state index is 12.9. The Bertz CT molecular complexity index is 586. The van der Waals surface area contributed by atoms with Gasteiger partial charge >= 0.3 is 5.97 Å². The van der Waals surface area contributed by atoms with Crippen molar-refractivity contribution in [1.29, 1.82) is 0 Å². The fourth-order valence-corrected chi connectivity index (χ4v) is 2.71. The Morgan fingerprint density at radius 1 is 1.21 bits per heavy atom. The molecule has 134 valence electrons. The van der Waals surface area contributed by atoms with E-state index in [0.29, 0.717) is 29.9 Å². The maximum absolute atomic E-state index is 12.9. The van der Waals surface area contributed by atoms with Crippen LogP contribution in [0, 0.1) is 0 Å². The second kappa shape index (κ2) is 8.52. The molecule has 1 atom stereocenters. The number of carbonyl (C=O) groups excluding carboxylic acids is 1. The monoisotopic (exact) mass is 341 g/mol. The van der Waals surface area contributed by atoms with Gasteiger partial charge in [-0.15, -0.1) is 0 Å². The van der Waals surface area contributed by atoms with Gasteiger partial charge in [-0.3, -0.25) is 4.79 Å². The molecule has 0 aromatic heterocycles. The highest BCUT2D eigenvalue weighted by atomic mass is 19.1. The number of carboxylic acid groups (broad SMARTS) is 1. The zero-order chi connectivity index (χ0) is 18.3. The van der Waals surface area contributed by atoms with Crippen molar-refractivity contribution in [2.24, 2.45) is 0 Å². The summed E-state index contributed by atoms with van der Waals surface area (Å²) in [5.74, 6) is -0.937. The van der Waals surface area contributed by atoms with Gasteiger partial charge in [-0.1, -0.05) is 19.9 Å². The van der Waals surface area contributed by atoms with E-state index < -0.39 is 30.0 Å². The Labute approximate surface area is 141 Å². The van der Waals surface area contributed by atoms with Crippen molar-refractivity contribution in [3.8, 4) is 11.5 Å². The molecule has 1 aromatic rings. The summed E-state index contributed by atoms with van der Waals surface area (Å²) in [7, 11) is 3.00. The van der Waals surface area contributed by atoms with Crippen LogP contribution < -0.4 is 14.8 Å². The molecule has 6 nitrogen and oxygen atoms in total. The average Bonchev–Trinajstić information content (AvgIpc) is 2.60. The number of carbonyl (C=O) groups is 2. The van der Waals surface area contributed by atoms with Crippen molar-refractivity contribution >= 4 is 11.9 Å². The first-order valence-corrected chi connectivity index (χ1v) is 7.72. The Hall–Kier alpha value is -2.31. The van der Waals surface area contributed by atoms with Gasteiger partial charge in [0.05, 0.1) is 19.6 Å². The number of benzene rings is 1. The van der Waals surface area contributed by atoms with Crippen molar-refractivity contribution in [1.82, 2.24) is 5.32 Å². The molecule has 0 saturated carbocycles. The third-order valence-electron chi connectivity index (χ3n) is 4.34. The summed E-state index contributed by atoms with van der Waals surface area (Å²) in [6.45, 7) is 2.48. The lowest BCUT2D eigenvalue weighted by atomic mass is 9.74. The van der Waals surface area contributed by atoms with Crippen LogP contribution >= 0.6 is 0 Å². The molecule has 0 spiro atoms. The number of carboxylic acids is 1. The standard InChI is InChI=1S/C17H24FNO5/c1-5-17(6-2,16(22)19-12(10-18)15(20)21)11-7-8-13(23-3)14(9-11)24-4/h7-9,12H,5-6,10H2,1-4H3,(H,19,22)(H,20,21). The van der Waals surface area contributed by atoms with Gasteiger partial charge in [0, 0.05) is 0 Å². The van der Waals surface area contributed by atoms with E-state index in [1.54, 1.807) is 18.2 Å². The second-order valence-corrected chi connectivity index (χ2v) is 5.38. The van der Waals surface area contributed by atoms with Gasteiger partial charge in [0.1, 0.15) is 6.67 Å². The van der Waals surface area contributed by atoms with E-state index in [4.69, 9.17) is 14.6 Å². The lowest BCUT2D eigenvalue weighted by molar-refractivity contribution is -0.143. The number of ether oxygens (including phenoxy) is 2. The maximum Gasteiger partial charge on any atom is 0.328 e. The lowest BCUT2D eigenvalue weighted by Gasteiger charge is -2.32. The SMILES string of the molecule is CCC(CC)(C(=O)NC(CF)C(=O)O)c1ccc(OC)c(OC)c1. The van der Waals surface area contributed by atoms with Crippen LogP contribution in [0.2, 0.25) is 0 Å². The lowest BCUT2D eigenvalue weighted by Crippen LogP contribution is -2.51. The molecule has 1 unspecified atom stereocenters. The van der Waals surface area contributed by atoms with Crippen molar-refractivity contribution < 1.29 is 28.6 Å². The molecule has 2 N–H and O–H groups in total. The molecule has 1 amide bonds. The number of nitrogens with one attached hydrogen (secondary N) is 1. The number of amides is 1. The molecule has 0 aliphatic carbocycles. The Morgan fingerprint density at radius 2 is 1.79 bits per heavy atom. The number of halogens is 1. The first-order chi connectivity index (χ1) is 11.4. The molecule has 1 aromatic carbocycles. The number of aliphatic carboxylic acids is 1. The zero-order valence-corrected chi connectivity index (χ0v) is 14.4. The Morgan fingerprint density at radius 3 is 2.21 bits per heavy atom. The minimum Gasteiger partial charge on any atom is -0.493 e. The second-order valence-electron chi connectivity index (χ2n) is 5.38. The van der Waals surface area contributed by atoms with Crippen LogP contribution in [0.1, 0.15) is 32.3 Å². The number of alkyl halides is 1. The number of hydrogen-bond acceptors (Lipinski definition) is 4. The minimum absolute atomic E-state index is 0.420. The van der Waals surface area contributed by atoms with Crippen molar-refractivity contribution in [2.75, 3.05) is 20.9 Å². The zero-order valence-electron chi connectivity index (χ0n) is 14.4. The van der Waals surface area contributed by atoms with Crippen LogP contribution in [-0.2, 0) is 15.0 Å². The van der Waals surface area contributed by atoms with E-state index in [1.807, 2.05) is 13.8 Å². The molecule has 0 aliphatic heterocycles.